The number of β-amino-alcohol motifs (C(OH)–C–C–N with tert-alkyl or cyclic N) is 1. The van der Waals surface area contributed by atoms with Crippen molar-refractivity contribution in [1.29, 1.82) is 0 Å². The number of halogens is 2. The van der Waals surface area contributed by atoms with Crippen molar-refractivity contribution in [2.45, 2.75) is 6.10 Å². The average molecular weight is 305 g/mol. The van der Waals surface area contributed by atoms with Gasteiger partial charge in [0.05, 0.1) is 30.0 Å². The van der Waals surface area contributed by atoms with Gasteiger partial charge in [-0.2, -0.15) is 0 Å². The van der Waals surface area contributed by atoms with Gasteiger partial charge >= 0.3 is 0 Å². The first-order valence-corrected chi connectivity index (χ1v) is 7.08. The second-order valence-corrected chi connectivity index (χ2v) is 5.42. The third-order valence-electron chi connectivity index (χ3n) is 3.03. The van der Waals surface area contributed by atoms with Gasteiger partial charge in [-0.3, -0.25) is 4.90 Å². The molecule has 0 radical (unpaired) electrons. The van der Waals surface area contributed by atoms with Crippen LogP contribution in [0.15, 0.2) is 18.2 Å². The summed E-state index contributed by atoms with van der Waals surface area (Å²) in [5.41, 5.74) is 0.746. The van der Waals surface area contributed by atoms with Gasteiger partial charge in [-0.25, -0.2) is 0 Å². The van der Waals surface area contributed by atoms with Crippen LogP contribution in [0.3, 0.4) is 0 Å². The lowest BCUT2D eigenvalue weighted by Crippen LogP contribution is -2.42. The molecule has 6 heteroatoms. The van der Waals surface area contributed by atoms with Crippen LogP contribution in [0.1, 0.15) is 0 Å². The lowest BCUT2D eigenvalue weighted by molar-refractivity contribution is 0.0171. The number of morpholine rings is 1. The quantitative estimate of drug-likeness (QED) is 0.874. The van der Waals surface area contributed by atoms with Gasteiger partial charge in [-0.1, -0.05) is 23.2 Å². The van der Waals surface area contributed by atoms with E-state index in [1.807, 2.05) is 0 Å². The van der Waals surface area contributed by atoms with E-state index >= 15 is 0 Å². The first-order valence-electron chi connectivity index (χ1n) is 6.32. The van der Waals surface area contributed by atoms with Crippen LogP contribution >= 0.6 is 23.2 Å². The Morgan fingerprint density at radius 2 is 2.05 bits per heavy atom. The van der Waals surface area contributed by atoms with Gasteiger partial charge in [0, 0.05) is 31.2 Å². The van der Waals surface area contributed by atoms with Crippen LogP contribution in [0, 0.1) is 0 Å². The van der Waals surface area contributed by atoms with Crippen LogP contribution in [0.5, 0.6) is 0 Å². The van der Waals surface area contributed by atoms with Crippen LogP contribution in [-0.4, -0.2) is 55.5 Å². The number of rotatable bonds is 5. The number of aliphatic hydroxyl groups excluding tert-OH is 1. The van der Waals surface area contributed by atoms with Crippen LogP contribution in [0.2, 0.25) is 10.0 Å². The van der Waals surface area contributed by atoms with E-state index in [2.05, 4.69) is 10.2 Å². The van der Waals surface area contributed by atoms with Gasteiger partial charge < -0.3 is 15.2 Å². The summed E-state index contributed by atoms with van der Waals surface area (Å²) in [6.07, 6.45) is -0.451. The molecule has 0 aliphatic carbocycles. The van der Waals surface area contributed by atoms with Gasteiger partial charge in [0.25, 0.3) is 0 Å². The van der Waals surface area contributed by atoms with Crippen molar-refractivity contribution < 1.29 is 9.84 Å². The Labute approximate surface area is 123 Å². The molecule has 0 amide bonds. The number of nitrogens with zero attached hydrogens (tertiary/aromatic N) is 1. The standard InChI is InChI=1S/C13H18Cl2N2O2/c14-10-1-2-12(15)13(7-10)16-8-11(18)9-17-3-5-19-6-4-17/h1-2,7,11,16,18H,3-6,8-9H2. The van der Waals surface area contributed by atoms with Crippen molar-refractivity contribution in [3.8, 4) is 0 Å². The molecule has 2 rings (SSSR count). The van der Waals surface area contributed by atoms with Gasteiger partial charge in [-0.05, 0) is 18.2 Å². The molecule has 0 saturated carbocycles. The zero-order valence-electron chi connectivity index (χ0n) is 10.6. The first kappa shape index (κ1) is 14.9. The summed E-state index contributed by atoms with van der Waals surface area (Å²) < 4.78 is 5.27. The van der Waals surface area contributed by atoms with Gasteiger partial charge in [0.15, 0.2) is 0 Å². The molecular formula is C13H18Cl2N2O2. The van der Waals surface area contributed by atoms with E-state index in [9.17, 15) is 5.11 Å². The lowest BCUT2D eigenvalue weighted by Gasteiger charge is -2.28. The molecule has 106 valence electrons. The molecule has 2 N–H and O–H groups in total. The molecule has 1 fully saturated rings. The van der Waals surface area contributed by atoms with E-state index in [0.717, 1.165) is 32.0 Å². The third-order valence-corrected chi connectivity index (χ3v) is 3.59. The summed E-state index contributed by atoms with van der Waals surface area (Å²) in [6.45, 7) is 4.29. The summed E-state index contributed by atoms with van der Waals surface area (Å²) in [7, 11) is 0. The predicted molar refractivity (Wildman–Crippen MR) is 78.2 cm³/mol. The van der Waals surface area contributed by atoms with Crippen LogP contribution in [0.4, 0.5) is 5.69 Å². The third kappa shape index (κ3) is 4.82. The second-order valence-electron chi connectivity index (χ2n) is 4.57. The minimum absolute atomic E-state index is 0.442. The van der Waals surface area contributed by atoms with E-state index in [-0.39, 0.29) is 0 Å². The number of ether oxygens (including phenoxy) is 1. The highest BCUT2D eigenvalue weighted by Gasteiger charge is 2.14. The molecule has 4 nitrogen and oxygen atoms in total. The van der Waals surface area contributed by atoms with Crippen molar-refractivity contribution in [3.05, 3.63) is 28.2 Å². The normalized spacial score (nSPS) is 18.3. The maximum Gasteiger partial charge on any atom is 0.0839 e. The van der Waals surface area contributed by atoms with E-state index in [0.29, 0.717) is 23.1 Å². The smallest absolute Gasteiger partial charge is 0.0839 e. The van der Waals surface area contributed by atoms with Crippen molar-refractivity contribution in [2.75, 3.05) is 44.7 Å². The monoisotopic (exact) mass is 304 g/mol. The van der Waals surface area contributed by atoms with Crippen molar-refractivity contribution in [2.24, 2.45) is 0 Å². The fraction of sp³-hybridized carbons (Fsp3) is 0.538. The maximum absolute atomic E-state index is 10.0. The summed E-state index contributed by atoms with van der Waals surface area (Å²) in [5.74, 6) is 0. The topological polar surface area (TPSA) is 44.7 Å². The molecule has 0 aromatic heterocycles. The number of nitrogens with one attached hydrogen (secondary N) is 1. The number of benzene rings is 1. The largest absolute Gasteiger partial charge is 0.390 e. The molecule has 1 aliphatic heterocycles. The Hall–Kier alpha value is -0.520. The highest BCUT2D eigenvalue weighted by Crippen LogP contribution is 2.25. The van der Waals surface area contributed by atoms with E-state index in [4.69, 9.17) is 27.9 Å². The number of hydrogen-bond donors (Lipinski definition) is 2. The van der Waals surface area contributed by atoms with Crippen LogP contribution in [-0.2, 0) is 4.74 Å². The SMILES string of the molecule is OC(CNc1cc(Cl)ccc1Cl)CN1CCOCC1. The van der Waals surface area contributed by atoms with Crippen LogP contribution < -0.4 is 5.32 Å². The fourth-order valence-electron chi connectivity index (χ4n) is 2.01. The summed E-state index contributed by atoms with van der Waals surface area (Å²) >= 11 is 11.9. The zero-order valence-corrected chi connectivity index (χ0v) is 12.1. The van der Waals surface area contributed by atoms with E-state index < -0.39 is 6.10 Å². The highest BCUT2D eigenvalue weighted by atomic mass is 35.5. The van der Waals surface area contributed by atoms with E-state index in [1.54, 1.807) is 18.2 Å². The molecule has 1 aromatic carbocycles. The number of anilines is 1. The molecule has 1 aliphatic rings. The Balaban J connectivity index is 1.79. The minimum atomic E-state index is -0.451. The molecule has 1 unspecified atom stereocenters. The zero-order chi connectivity index (χ0) is 13.7. The number of hydrogen-bond acceptors (Lipinski definition) is 4. The molecule has 0 spiro atoms. The minimum Gasteiger partial charge on any atom is -0.390 e. The lowest BCUT2D eigenvalue weighted by atomic mass is 10.2. The summed E-state index contributed by atoms with van der Waals surface area (Å²) in [5, 5.41) is 14.3. The van der Waals surface area contributed by atoms with Gasteiger partial charge in [0.2, 0.25) is 0 Å². The predicted octanol–water partition coefficient (Wildman–Crippen LogP) is 2.10. The number of aliphatic hydroxyl groups is 1. The molecule has 19 heavy (non-hydrogen) atoms. The Kier molecular flexibility index (Phi) is 5.73. The fourth-order valence-corrected chi connectivity index (χ4v) is 2.36. The molecular weight excluding hydrogens is 287 g/mol. The Morgan fingerprint density at radius 3 is 2.79 bits per heavy atom. The van der Waals surface area contributed by atoms with Crippen molar-refractivity contribution in [1.82, 2.24) is 4.90 Å². The average Bonchev–Trinajstić information content (AvgIpc) is 2.41. The highest BCUT2D eigenvalue weighted by molar-refractivity contribution is 6.35. The Morgan fingerprint density at radius 1 is 1.32 bits per heavy atom. The van der Waals surface area contributed by atoms with Crippen molar-refractivity contribution >= 4 is 28.9 Å². The Bertz CT molecular complexity index is 412. The molecule has 1 saturated heterocycles. The van der Waals surface area contributed by atoms with Gasteiger partial charge in [-0.15, -0.1) is 0 Å². The maximum atomic E-state index is 10.0. The molecule has 1 heterocycles. The van der Waals surface area contributed by atoms with Gasteiger partial charge in [0.1, 0.15) is 0 Å². The molecule has 1 aromatic rings. The molecule has 0 bridgehead atoms. The summed E-state index contributed by atoms with van der Waals surface area (Å²) in [4.78, 5) is 2.19. The van der Waals surface area contributed by atoms with E-state index in [1.165, 1.54) is 0 Å². The second kappa shape index (κ2) is 7.31. The summed E-state index contributed by atoms with van der Waals surface area (Å²) in [6, 6.07) is 5.23. The van der Waals surface area contributed by atoms with Crippen molar-refractivity contribution in [3.63, 3.8) is 0 Å². The first-order chi connectivity index (χ1) is 9.15. The van der Waals surface area contributed by atoms with Crippen LogP contribution in [0.25, 0.3) is 0 Å². The molecule has 1 atom stereocenters.